The number of ether oxygens (including phenoxy) is 2. The minimum atomic E-state index is -0.549. The molecule has 6 heteroatoms. The van der Waals surface area contributed by atoms with Crippen LogP contribution in [0.2, 0.25) is 0 Å². The predicted molar refractivity (Wildman–Crippen MR) is 147 cm³/mol. The quantitative estimate of drug-likeness (QED) is 0.199. The van der Waals surface area contributed by atoms with E-state index in [1.54, 1.807) is 24.3 Å². The highest BCUT2D eigenvalue weighted by Gasteiger charge is 2.51. The number of carbonyl (C=O) groups excluding carboxylic acids is 1. The van der Waals surface area contributed by atoms with Crippen molar-refractivity contribution < 1.29 is 23.0 Å². The van der Waals surface area contributed by atoms with Gasteiger partial charge in [0.1, 0.15) is 17.7 Å². The summed E-state index contributed by atoms with van der Waals surface area (Å²) in [7, 11) is 1.44. The Morgan fingerprint density at radius 2 is 1.51 bits per heavy atom. The standard InChI is InChI=1S/C33H37F2NO3/c1-38-33(37)31-29-20-19-28(36(29)21-7-3-6-10-23-8-4-2-5-9-23)22-30(31)39-32(24-11-15-26(34)16-12-24)25-13-17-27(35)18-14-25/h2,4-5,8-9,11-18,28-32H,3,6-7,10,19-22H2,1H3/t28?,29?,30-,31?/m0/s1. The number of benzene rings is 3. The van der Waals surface area contributed by atoms with Crippen LogP contribution in [0, 0.1) is 17.6 Å². The second-order valence-electron chi connectivity index (χ2n) is 10.8. The van der Waals surface area contributed by atoms with Crippen LogP contribution >= 0.6 is 0 Å². The number of unbranched alkanes of at least 4 members (excludes halogenated alkanes) is 2. The summed E-state index contributed by atoms with van der Waals surface area (Å²) in [5, 5.41) is 0. The van der Waals surface area contributed by atoms with E-state index >= 15 is 0 Å². The summed E-state index contributed by atoms with van der Waals surface area (Å²) >= 11 is 0. The Morgan fingerprint density at radius 3 is 2.13 bits per heavy atom. The van der Waals surface area contributed by atoms with Crippen LogP contribution in [0.5, 0.6) is 0 Å². The van der Waals surface area contributed by atoms with Gasteiger partial charge < -0.3 is 9.47 Å². The van der Waals surface area contributed by atoms with E-state index in [4.69, 9.17) is 9.47 Å². The van der Waals surface area contributed by atoms with Gasteiger partial charge in [0.2, 0.25) is 0 Å². The van der Waals surface area contributed by atoms with Crippen molar-refractivity contribution in [1.82, 2.24) is 4.90 Å². The Kier molecular flexibility index (Phi) is 9.05. The first-order valence-corrected chi connectivity index (χ1v) is 14.1. The molecule has 2 aliphatic heterocycles. The molecular weight excluding hydrogens is 496 g/mol. The minimum absolute atomic E-state index is 0.0670. The molecule has 0 spiro atoms. The number of hydrogen-bond acceptors (Lipinski definition) is 4. The predicted octanol–water partition coefficient (Wildman–Crippen LogP) is 6.88. The Morgan fingerprint density at radius 1 is 0.872 bits per heavy atom. The van der Waals surface area contributed by atoms with E-state index in [1.165, 1.54) is 36.9 Å². The first-order valence-electron chi connectivity index (χ1n) is 14.1. The topological polar surface area (TPSA) is 38.8 Å². The average Bonchev–Trinajstić information content (AvgIpc) is 3.24. The Balaban J connectivity index is 1.29. The number of piperidine rings is 1. The fourth-order valence-corrected chi connectivity index (χ4v) is 6.45. The number of fused-ring (bicyclic) bond motifs is 2. The third kappa shape index (κ3) is 6.56. The second-order valence-corrected chi connectivity index (χ2v) is 10.8. The van der Waals surface area contributed by atoms with Crippen molar-refractivity contribution >= 4 is 5.97 Å². The molecule has 2 heterocycles. The Labute approximate surface area is 229 Å². The van der Waals surface area contributed by atoms with Crippen molar-refractivity contribution in [2.75, 3.05) is 13.7 Å². The Bertz CT molecular complexity index is 1160. The zero-order chi connectivity index (χ0) is 27.2. The van der Waals surface area contributed by atoms with Gasteiger partial charge in [-0.25, -0.2) is 8.78 Å². The third-order valence-corrected chi connectivity index (χ3v) is 8.36. The molecule has 4 atom stereocenters. The van der Waals surface area contributed by atoms with Gasteiger partial charge in [0.25, 0.3) is 0 Å². The van der Waals surface area contributed by atoms with Gasteiger partial charge >= 0.3 is 5.97 Å². The molecule has 0 aromatic heterocycles. The number of hydrogen-bond donors (Lipinski definition) is 0. The molecule has 3 aromatic carbocycles. The summed E-state index contributed by atoms with van der Waals surface area (Å²) in [5.74, 6) is -1.34. The first-order chi connectivity index (χ1) is 19.0. The molecule has 39 heavy (non-hydrogen) atoms. The molecule has 5 rings (SSSR count). The number of carbonyl (C=O) groups is 1. The molecule has 2 fully saturated rings. The number of halogens is 2. The smallest absolute Gasteiger partial charge is 0.312 e. The third-order valence-electron chi connectivity index (χ3n) is 8.36. The van der Waals surface area contributed by atoms with Crippen LogP contribution in [0.4, 0.5) is 8.78 Å². The zero-order valence-corrected chi connectivity index (χ0v) is 22.5. The van der Waals surface area contributed by atoms with Gasteiger partial charge in [0.15, 0.2) is 0 Å². The highest BCUT2D eigenvalue weighted by molar-refractivity contribution is 5.74. The van der Waals surface area contributed by atoms with Gasteiger partial charge in [-0.05, 0) is 86.0 Å². The SMILES string of the molecule is COC(=O)C1C2CCC(C[C@@H]1OC(c1ccc(F)cc1)c1ccc(F)cc1)N2CCCCCc1ccccc1. The summed E-state index contributed by atoms with van der Waals surface area (Å²) in [6.45, 7) is 0.962. The van der Waals surface area contributed by atoms with E-state index < -0.39 is 12.0 Å². The monoisotopic (exact) mass is 533 g/mol. The Hall–Kier alpha value is -3.09. The fraction of sp³-hybridized carbons (Fsp3) is 0.424. The van der Waals surface area contributed by atoms with Crippen LogP contribution in [0.25, 0.3) is 0 Å². The molecule has 0 N–H and O–H groups in total. The summed E-state index contributed by atoms with van der Waals surface area (Å²) in [6.07, 6.45) is 6.25. The van der Waals surface area contributed by atoms with Crippen LogP contribution < -0.4 is 0 Å². The van der Waals surface area contributed by atoms with Gasteiger partial charge in [-0.15, -0.1) is 0 Å². The molecular formula is C33H37F2NO3. The maximum atomic E-state index is 13.7. The molecule has 2 aliphatic rings. The lowest BCUT2D eigenvalue weighted by Crippen LogP contribution is -2.55. The van der Waals surface area contributed by atoms with Gasteiger partial charge in [-0.1, -0.05) is 61.0 Å². The van der Waals surface area contributed by atoms with Gasteiger partial charge in [0, 0.05) is 12.1 Å². The molecule has 3 unspecified atom stereocenters. The molecule has 0 aliphatic carbocycles. The molecule has 3 aromatic rings. The van der Waals surface area contributed by atoms with Crippen LogP contribution in [0.15, 0.2) is 78.9 Å². The van der Waals surface area contributed by atoms with Crippen LogP contribution in [0.1, 0.15) is 61.3 Å². The van der Waals surface area contributed by atoms with Crippen LogP contribution in [0.3, 0.4) is 0 Å². The van der Waals surface area contributed by atoms with Crippen molar-refractivity contribution in [2.24, 2.45) is 5.92 Å². The number of esters is 1. The molecule has 0 radical (unpaired) electrons. The molecule has 2 saturated heterocycles. The van der Waals surface area contributed by atoms with Crippen molar-refractivity contribution in [3.05, 3.63) is 107 Å². The molecule has 2 bridgehead atoms. The van der Waals surface area contributed by atoms with Gasteiger partial charge in [-0.3, -0.25) is 9.69 Å². The average molecular weight is 534 g/mol. The van der Waals surface area contributed by atoms with Crippen LogP contribution in [-0.4, -0.2) is 42.7 Å². The number of rotatable bonds is 11. The van der Waals surface area contributed by atoms with Crippen molar-refractivity contribution in [3.8, 4) is 0 Å². The van der Waals surface area contributed by atoms with E-state index in [2.05, 4.69) is 29.2 Å². The summed E-state index contributed by atoms with van der Waals surface area (Å²) in [6, 6.07) is 23.3. The number of methoxy groups -OCH3 is 1. The second kappa shape index (κ2) is 12.8. The molecule has 0 saturated carbocycles. The van der Waals surface area contributed by atoms with E-state index in [0.29, 0.717) is 6.04 Å². The maximum absolute atomic E-state index is 13.7. The largest absolute Gasteiger partial charge is 0.469 e. The molecule has 206 valence electrons. The number of nitrogens with zero attached hydrogens (tertiary/aromatic N) is 1. The normalized spacial score (nSPS) is 22.8. The fourth-order valence-electron chi connectivity index (χ4n) is 6.45. The summed E-state index contributed by atoms with van der Waals surface area (Å²) < 4.78 is 39.4. The van der Waals surface area contributed by atoms with E-state index in [9.17, 15) is 13.6 Å². The van der Waals surface area contributed by atoms with Crippen molar-refractivity contribution in [1.29, 1.82) is 0 Å². The lowest BCUT2D eigenvalue weighted by molar-refractivity contribution is -0.163. The minimum Gasteiger partial charge on any atom is -0.469 e. The van der Waals surface area contributed by atoms with Gasteiger partial charge in [-0.2, -0.15) is 0 Å². The molecule has 0 amide bonds. The van der Waals surface area contributed by atoms with E-state index in [0.717, 1.165) is 62.6 Å². The highest BCUT2D eigenvalue weighted by Crippen LogP contribution is 2.43. The maximum Gasteiger partial charge on any atom is 0.312 e. The van der Waals surface area contributed by atoms with Gasteiger partial charge in [0.05, 0.1) is 19.1 Å². The summed E-state index contributed by atoms with van der Waals surface area (Å²) in [5.41, 5.74) is 2.90. The number of aryl methyl sites for hydroxylation is 1. The summed E-state index contributed by atoms with van der Waals surface area (Å²) in [4.78, 5) is 15.7. The zero-order valence-electron chi connectivity index (χ0n) is 22.5. The lowest BCUT2D eigenvalue weighted by atomic mass is 9.86. The molecule has 4 nitrogen and oxygen atoms in total. The van der Waals surface area contributed by atoms with Crippen LogP contribution in [-0.2, 0) is 20.7 Å². The van der Waals surface area contributed by atoms with Crippen molar-refractivity contribution in [2.45, 2.75) is 69.2 Å². The van der Waals surface area contributed by atoms with E-state index in [1.807, 2.05) is 6.07 Å². The van der Waals surface area contributed by atoms with E-state index in [-0.39, 0.29) is 29.7 Å². The first kappa shape index (κ1) is 27.5. The lowest BCUT2D eigenvalue weighted by Gasteiger charge is -2.44. The van der Waals surface area contributed by atoms with Crippen molar-refractivity contribution in [3.63, 3.8) is 0 Å². The highest BCUT2D eigenvalue weighted by atomic mass is 19.1.